The molecule has 2 heterocycles. The zero-order chi connectivity index (χ0) is 18.2. The van der Waals surface area contributed by atoms with Crippen molar-refractivity contribution in [1.29, 1.82) is 0 Å². The number of amides is 1. The topological polar surface area (TPSA) is 54.9 Å². The molecule has 0 saturated carbocycles. The van der Waals surface area contributed by atoms with Crippen molar-refractivity contribution in [3.63, 3.8) is 0 Å². The third-order valence-electron chi connectivity index (χ3n) is 4.26. The molecule has 130 valence electrons. The lowest BCUT2D eigenvalue weighted by Gasteiger charge is -1.98. The molecule has 1 N–H and O–H groups in total. The lowest BCUT2D eigenvalue weighted by atomic mass is 10.1. The van der Waals surface area contributed by atoms with Crippen molar-refractivity contribution in [2.75, 3.05) is 5.32 Å². The summed E-state index contributed by atoms with van der Waals surface area (Å²) in [4.78, 5) is 21.7. The maximum absolute atomic E-state index is 12.6. The van der Waals surface area contributed by atoms with Gasteiger partial charge >= 0.3 is 0 Å². The van der Waals surface area contributed by atoms with E-state index in [0.717, 1.165) is 31.6 Å². The second-order valence-corrected chi connectivity index (χ2v) is 7.90. The molecule has 0 radical (unpaired) electrons. The number of thiazole rings is 2. The number of nitrogens with one attached hydrogen (secondary N) is 1. The summed E-state index contributed by atoms with van der Waals surface area (Å²) in [7, 11) is 0. The Labute approximate surface area is 163 Å². The number of anilines is 1. The smallest absolute Gasteiger partial charge is 0.276 e. The SMILES string of the molecule is O=C(Nc1nc2c(ccc3ccccc32)s1)c1csc(-c2ccccc2)n1. The molecule has 5 rings (SSSR count). The van der Waals surface area contributed by atoms with E-state index in [4.69, 9.17) is 0 Å². The van der Waals surface area contributed by atoms with Crippen molar-refractivity contribution < 1.29 is 4.79 Å². The summed E-state index contributed by atoms with van der Waals surface area (Å²) < 4.78 is 1.05. The molecule has 0 unspecified atom stereocenters. The van der Waals surface area contributed by atoms with Gasteiger partial charge in [0.05, 0.1) is 10.2 Å². The van der Waals surface area contributed by atoms with Gasteiger partial charge in [0.1, 0.15) is 10.7 Å². The molecule has 6 heteroatoms. The predicted octanol–water partition coefficient (Wildman–Crippen LogP) is 5.83. The lowest BCUT2D eigenvalue weighted by Crippen LogP contribution is -2.11. The van der Waals surface area contributed by atoms with E-state index in [1.165, 1.54) is 22.7 Å². The molecule has 3 aromatic carbocycles. The molecule has 5 aromatic rings. The third-order valence-corrected chi connectivity index (χ3v) is 6.09. The van der Waals surface area contributed by atoms with Gasteiger partial charge in [-0.05, 0) is 11.5 Å². The highest BCUT2D eigenvalue weighted by molar-refractivity contribution is 7.22. The summed E-state index contributed by atoms with van der Waals surface area (Å²) in [5.74, 6) is -0.239. The van der Waals surface area contributed by atoms with Crippen LogP contribution in [0, 0.1) is 0 Å². The Kier molecular flexibility index (Phi) is 3.92. The standard InChI is InChI=1S/C21H13N3OS2/c25-19(16-12-26-20(22-16)14-7-2-1-3-8-14)24-21-23-18-15-9-5-4-6-13(15)10-11-17(18)27-21/h1-12H,(H,23,24,25). The summed E-state index contributed by atoms with van der Waals surface area (Å²) >= 11 is 2.93. The number of fused-ring (bicyclic) bond motifs is 3. The Bertz CT molecular complexity index is 1270. The van der Waals surface area contributed by atoms with Crippen LogP contribution < -0.4 is 5.32 Å². The highest BCUT2D eigenvalue weighted by Crippen LogP contribution is 2.32. The van der Waals surface area contributed by atoms with Crippen molar-refractivity contribution in [3.8, 4) is 10.6 Å². The van der Waals surface area contributed by atoms with Crippen molar-refractivity contribution in [2.24, 2.45) is 0 Å². The minimum atomic E-state index is -0.239. The fourth-order valence-electron chi connectivity index (χ4n) is 2.97. The van der Waals surface area contributed by atoms with E-state index in [9.17, 15) is 4.79 Å². The van der Waals surface area contributed by atoms with Crippen LogP contribution in [0.3, 0.4) is 0 Å². The summed E-state index contributed by atoms with van der Waals surface area (Å²) in [5.41, 5.74) is 2.33. The van der Waals surface area contributed by atoms with Crippen LogP contribution in [0.5, 0.6) is 0 Å². The van der Waals surface area contributed by atoms with Crippen molar-refractivity contribution in [3.05, 3.63) is 77.8 Å². The van der Waals surface area contributed by atoms with Gasteiger partial charge in [0.15, 0.2) is 5.13 Å². The summed E-state index contributed by atoms with van der Waals surface area (Å²) in [6.45, 7) is 0. The Balaban J connectivity index is 1.44. The fourth-order valence-corrected chi connectivity index (χ4v) is 4.65. The number of carbonyl (C=O) groups is 1. The van der Waals surface area contributed by atoms with Gasteiger partial charge in [-0.3, -0.25) is 10.1 Å². The van der Waals surface area contributed by atoms with E-state index in [-0.39, 0.29) is 5.91 Å². The average molecular weight is 387 g/mol. The van der Waals surface area contributed by atoms with Gasteiger partial charge in [-0.15, -0.1) is 11.3 Å². The molecule has 0 aliphatic rings. The van der Waals surface area contributed by atoms with E-state index < -0.39 is 0 Å². The maximum Gasteiger partial charge on any atom is 0.276 e. The molecule has 0 spiro atoms. The molecular formula is C21H13N3OS2. The van der Waals surface area contributed by atoms with E-state index in [2.05, 4.69) is 33.5 Å². The molecule has 0 aliphatic heterocycles. The quantitative estimate of drug-likeness (QED) is 0.424. The highest BCUT2D eigenvalue weighted by atomic mass is 32.1. The number of aromatic nitrogens is 2. The minimum absolute atomic E-state index is 0.239. The van der Waals surface area contributed by atoms with Crippen molar-refractivity contribution in [2.45, 2.75) is 0 Å². The van der Waals surface area contributed by atoms with Gasteiger partial charge in [0.25, 0.3) is 5.91 Å². The lowest BCUT2D eigenvalue weighted by molar-refractivity contribution is 0.102. The van der Waals surface area contributed by atoms with Crippen LogP contribution in [0.15, 0.2) is 72.1 Å². The molecule has 0 bridgehead atoms. The van der Waals surface area contributed by atoms with Crippen molar-refractivity contribution >= 4 is 54.7 Å². The Morgan fingerprint density at radius 2 is 1.70 bits per heavy atom. The number of hydrogen-bond donors (Lipinski definition) is 1. The van der Waals surface area contributed by atoms with Crippen LogP contribution in [0.2, 0.25) is 0 Å². The summed E-state index contributed by atoms with van der Waals surface area (Å²) in [6.07, 6.45) is 0. The molecular weight excluding hydrogens is 374 g/mol. The maximum atomic E-state index is 12.6. The summed E-state index contributed by atoms with van der Waals surface area (Å²) in [5, 5.41) is 8.31. The van der Waals surface area contributed by atoms with E-state index in [1.807, 2.05) is 48.5 Å². The molecule has 27 heavy (non-hydrogen) atoms. The Hall–Kier alpha value is -3.09. The first-order chi connectivity index (χ1) is 13.3. The van der Waals surface area contributed by atoms with Crippen molar-refractivity contribution in [1.82, 2.24) is 9.97 Å². The zero-order valence-electron chi connectivity index (χ0n) is 14.0. The molecule has 2 aromatic heterocycles. The molecule has 0 saturated heterocycles. The van der Waals surface area contributed by atoms with E-state index in [0.29, 0.717) is 10.8 Å². The van der Waals surface area contributed by atoms with Crippen LogP contribution in [-0.4, -0.2) is 15.9 Å². The van der Waals surface area contributed by atoms with Gasteiger partial charge in [-0.25, -0.2) is 9.97 Å². The van der Waals surface area contributed by atoms with Gasteiger partial charge in [0.2, 0.25) is 0 Å². The largest absolute Gasteiger partial charge is 0.296 e. The summed E-state index contributed by atoms with van der Waals surface area (Å²) in [6, 6.07) is 22.1. The van der Waals surface area contributed by atoms with Crippen LogP contribution in [0.1, 0.15) is 10.5 Å². The number of carbonyl (C=O) groups excluding carboxylic acids is 1. The number of hydrogen-bond acceptors (Lipinski definition) is 5. The van der Waals surface area contributed by atoms with Crippen LogP contribution >= 0.6 is 22.7 Å². The first-order valence-electron chi connectivity index (χ1n) is 8.38. The van der Waals surface area contributed by atoms with Crippen LogP contribution in [-0.2, 0) is 0 Å². The van der Waals surface area contributed by atoms with Gasteiger partial charge < -0.3 is 0 Å². The number of rotatable bonds is 3. The van der Waals surface area contributed by atoms with Gasteiger partial charge in [-0.2, -0.15) is 0 Å². The molecule has 0 fully saturated rings. The molecule has 1 amide bonds. The number of nitrogens with zero attached hydrogens (tertiary/aromatic N) is 2. The molecule has 0 aliphatic carbocycles. The second-order valence-electron chi connectivity index (χ2n) is 6.01. The Morgan fingerprint density at radius 1 is 0.889 bits per heavy atom. The average Bonchev–Trinajstić information content (AvgIpc) is 3.36. The number of benzene rings is 3. The molecule has 4 nitrogen and oxygen atoms in total. The minimum Gasteiger partial charge on any atom is -0.296 e. The van der Waals surface area contributed by atoms with E-state index in [1.54, 1.807) is 5.38 Å². The second kappa shape index (κ2) is 6.57. The van der Waals surface area contributed by atoms with E-state index >= 15 is 0 Å². The first-order valence-corrected chi connectivity index (χ1v) is 10.1. The first kappa shape index (κ1) is 16.1. The highest BCUT2D eigenvalue weighted by Gasteiger charge is 2.15. The Morgan fingerprint density at radius 3 is 2.59 bits per heavy atom. The molecule has 0 atom stereocenters. The van der Waals surface area contributed by atoms with Gasteiger partial charge in [0, 0.05) is 16.3 Å². The van der Waals surface area contributed by atoms with Gasteiger partial charge in [-0.1, -0.05) is 72.0 Å². The normalized spacial score (nSPS) is 11.1. The van der Waals surface area contributed by atoms with Crippen LogP contribution in [0.4, 0.5) is 5.13 Å². The van der Waals surface area contributed by atoms with Crippen LogP contribution in [0.25, 0.3) is 31.6 Å². The third kappa shape index (κ3) is 2.99. The predicted molar refractivity (Wildman–Crippen MR) is 113 cm³/mol. The fraction of sp³-hybridized carbons (Fsp3) is 0. The zero-order valence-corrected chi connectivity index (χ0v) is 15.7. The monoisotopic (exact) mass is 387 g/mol.